The van der Waals surface area contributed by atoms with Crippen LogP contribution in [-0.4, -0.2) is 25.5 Å². The largest absolute Gasteiger partial charge is 0.306 e. The topological polar surface area (TPSA) is 92.1 Å². The summed E-state index contributed by atoms with van der Waals surface area (Å²) in [6.45, 7) is 1.85. The fourth-order valence-electron chi connectivity index (χ4n) is 2.70. The molecule has 4 aromatic rings. The average Bonchev–Trinajstić information content (AvgIpc) is 3.07. The number of carbonyl (C=O) groups excluding carboxylic acids is 1. The lowest BCUT2D eigenvalue weighted by Gasteiger charge is -2.08. The third-order valence-corrected chi connectivity index (χ3v) is 4.00. The van der Waals surface area contributed by atoms with Gasteiger partial charge in [0, 0.05) is 17.2 Å². The Labute approximate surface area is 148 Å². The Balaban J connectivity index is 1.78. The first-order valence-corrected chi connectivity index (χ1v) is 8.04. The van der Waals surface area contributed by atoms with Gasteiger partial charge in [0.15, 0.2) is 5.82 Å². The van der Waals surface area contributed by atoms with Crippen molar-refractivity contribution in [1.29, 1.82) is 0 Å². The number of hydrogen-bond acceptors (Lipinski definition) is 4. The van der Waals surface area contributed by atoms with E-state index in [9.17, 15) is 9.59 Å². The summed E-state index contributed by atoms with van der Waals surface area (Å²) in [7, 11) is 0. The fraction of sp³-hybridized carbons (Fsp3) is 0.0526. The van der Waals surface area contributed by atoms with Crippen LogP contribution in [0.15, 0.2) is 65.5 Å². The highest BCUT2D eigenvalue weighted by Crippen LogP contribution is 2.17. The van der Waals surface area contributed by atoms with Crippen molar-refractivity contribution in [3.8, 4) is 11.4 Å². The second-order valence-corrected chi connectivity index (χ2v) is 5.82. The number of fused-ring (bicyclic) bond motifs is 1. The van der Waals surface area contributed by atoms with Crippen molar-refractivity contribution in [2.24, 2.45) is 0 Å². The summed E-state index contributed by atoms with van der Waals surface area (Å²) in [5.74, 6) is 0.661. The van der Waals surface area contributed by atoms with Crippen LogP contribution < -0.4 is 10.9 Å². The van der Waals surface area contributed by atoms with Gasteiger partial charge in [0.1, 0.15) is 5.82 Å². The molecule has 2 aromatic heterocycles. The van der Waals surface area contributed by atoms with Crippen LogP contribution in [0.3, 0.4) is 0 Å². The molecule has 1 amide bonds. The molecule has 2 aromatic carbocycles. The number of aromatic amines is 1. The number of H-pyrrole nitrogens is 1. The molecular weight excluding hydrogens is 330 g/mol. The van der Waals surface area contributed by atoms with E-state index < -0.39 is 0 Å². The molecule has 7 heteroatoms. The summed E-state index contributed by atoms with van der Waals surface area (Å²) < 4.78 is 1.42. The molecule has 0 radical (unpaired) electrons. The standard InChI is InChI=1S/C19H15N5O2/c1-12-7-5-6-10-14(12)18(26)20-15-11-16(25)21-19-22-17(23-24(15)19)13-8-3-2-4-9-13/h2-11H,1H3,(H,20,26)(H,21,22,23,25). The van der Waals surface area contributed by atoms with Gasteiger partial charge in [0.05, 0.1) is 0 Å². The molecule has 0 aliphatic heterocycles. The van der Waals surface area contributed by atoms with Gasteiger partial charge in [0.2, 0.25) is 5.78 Å². The van der Waals surface area contributed by atoms with Crippen molar-refractivity contribution in [2.75, 3.05) is 5.32 Å². The van der Waals surface area contributed by atoms with E-state index in [0.29, 0.717) is 11.4 Å². The van der Waals surface area contributed by atoms with E-state index in [2.05, 4.69) is 20.4 Å². The Bertz CT molecular complexity index is 1160. The average molecular weight is 345 g/mol. The molecule has 2 N–H and O–H groups in total. The summed E-state index contributed by atoms with van der Waals surface area (Å²) in [6, 6.07) is 17.9. The minimum absolute atomic E-state index is 0.256. The smallest absolute Gasteiger partial charge is 0.257 e. The Morgan fingerprint density at radius 2 is 1.81 bits per heavy atom. The van der Waals surface area contributed by atoms with Crippen molar-refractivity contribution < 1.29 is 4.79 Å². The number of amides is 1. The van der Waals surface area contributed by atoms with Crippen molar-refractivity contribution in [3.05, 3.63) is 82.1 Å². The molecule has 0 bridgehead atoms. The second kappa shape index (κ2) is 6.29. The quantitative estimate of drug-likeness (QED) is 0.597. The van der Waals surface area contributed by atoms with Gasteiger partial charge in [0.25, 0.3) is 11.5 Å². The molecule has 0 fully saturated rings. The van der Waals surface area contributed by atoms with Crippen LogP contribution in [0.4, 0.5) is 5.82 Å². The zero-order valence-electron chi connectivity index (χ0n) is 13.9. The van der Waals surface area contributed by atoms with Crippen LogP contribution in [0.5, 0.6) is 0 Å². The summed E-state index contributed by atoms with van der Waals surface area (Å²) in [6.07, 6.45) is 0. The molecule has 26 heavy (non-hydrogen) atoms. The molecule has 128 valence electrons. The monoisotopic (exact) mass is 345 g/mol. The zero-order chi connectivity index (χ0) is 18.1. The normalized spacial score (nSPS) is 10.8. The van der Waals surface area contributed by atoms with Crippen LogP contribution in [0, 0.1) is 6.92 Å². The van der Waals surface area contributed by atoms with Gasteiger partial charge in [-0.15, -0.1) is 5.10 Å². The van der Waals surface area contributed by atoms with Gasteiger partial charge < -0.3 is 5.32 Å². The first kappa shape index (κ1) is 15.8. The van der Waals surface area contributed by atoms with Crippen LogP contribution >= 0.6 is 0 Å². The van der Waals surface area contributed by atoms with Crippen LogP contribution in [0.25, 0.3) is 17.2 Å². The Morgan fingerprint density at radius 1 is 1.08 bits per heavy atom. The lowest BCUT2D eigenvalue weighted by molar-refractivity contribution is 0.102. The molecule has 4 rings (SSSR count). The minimum atomic E-state index is -0.371. The number of benzene rings is 2. The summed E-state index contributed by atoms with van der Waals surface area (Å²) in [4.78, 5) is 31.5. The van der Waals surface area contributed by atoms with Crippen LogP contribution in [-0.2, 0) is 0 Å². The number of aromatic nitrogens is 4. The lowest BCUT2D eigenvalue weighted by atomic mass is 10.1. The van der Waals surface area contributed by atoms with E-state index in [4.69, 9.17) is 0 Å². The predicted octanol–water partition coefficient (Wildman–Crippen LogP) is 2.65. The first-order chi connectivity index (χ1) is 12.6. The number of hydrogen-bond donors (Lipinski definition) is 2. The van der Waals surface area contributed by atoms with Crippen LogP contribution in [0.2, 0.25) is 0 Å². The van der Waals surface area contributed by atoms with E-state index in [1.54, 1.807) is 12.1 Å². The molecule has 2 heterocycles. The molecule has 0 unspecified atom stereocenters. The number of anilines is 1. The number of rotatable bonds is 3. The first-order valence-electron chi connectivity index (χ1n) is 8.04. The van der Waals surface area contributed by atoms with Crippen molar-refractivity contribution in [3.63, 3.8) is 0 Å². The predicted molar refractivity (Wildman–Crippen MR) is 98.2 cm³/mol. The highest BCUT2D eigenvalue weighted by molar-refractivity contribution is 6.04. The van der Waals surface area contributed by atoms with Crippen molar-refractivity contribution >= 4 is 17.5 Å². The van der Waals surface area contributed by atoms with Crippen molar-refractivity contribution in [1.82, 2.24) is 19.6 Å². The van der Waals surface area contributed by atoms with Gasteiger partial charge in [-0.2, -0.15) is 9.50 Å². The molecule has 0 aliphatic rings. The third-order valence-electron chi connectivity index (χ3n) is 4.00. The molecular formula is C19H15N5O2. The fourth-order valence-corrected chi connectivity index (χ4v) is 2.70. The maximum Gasteiger partial charge on any atom is 0.257 e. The highest BCUT2D eigenvalue weighted by Gasteiger charge is 2.14. The van der Waals surface area contributed by atoms with E-state index in [1.807, 2.05) is 49.4 Å². The number of carbonyl (C=O) groups is 1. The Morgan fingerprint density at radius 3 is 2.58 bits per heavy atom. The SMILES string of the molecule is Cc1ccccc1C(=O)Nc1cc(=O)[nH]c2nc(-c3ccccc3)nn12. The number of nitrogens with zero attached hydrogens (tertiary/aromatic N) is 3. The van der Waals surface area contributed by atoms with E-state index in [0.717, 1.165) is 11.1 Å². The van der Waals surface area contributed by atoms with Gasteiger partial charge in [-0.1, -0.05) is 48.5 Å². The summed E-state index contributed by atoms with van der Waals surface area (Å²) in [5, 5.41) is 7.16. The lowest BCUT2D eigenvalue weighted by Crippen LogP contribution is -2.19. The van der Waals surface area contributed by atoms with Crippen molar-refractivity contribution in [2.45, 2.75) is 6.92 Å². The Hall–Kier alpha value is -3.74. The number of nitrogens with one attached hydrogen (secondary N) is 2. The minimum Gasteiger partial charge on any atom is -0.306 e. The maximum atomic E-state index is 12.6. The van der Waals surface area contributed by atoms with E-state index in [-0.39, 0.29) is 23.1 Å². The van der Waals surface area contributed by atoms with Gasteiger partial charge in [-0.3, -0.25) is 14.6 Å². The summed E-state index contributed by atoms with van der Waals surface area (Å²) in [5.41, 5.74) is 1.82. The van der Waals surface area contributed by atoms with Gasteiger partial charge in [-0.25, -0.2) is 0 Å². The van der Waals surface area contributed by atoms with E-state index in [1.165, 1.54) is 10.6 Å². The van der Waals surface area contributed by atoms with Crippen LogP contribution in [0.1, 0.15) is 15.9 Å². The van der Waals surface area contributed by atoms with Gasteiger partial charge in [-0.05, 0) is 18.6 Å². The molecule has 0 atom stereocenters. The number of aryl methyl sites for hydroxylation is 1. The summed E-state index contributed by atoms with van der Waals surface area (Å²) >= 11 is 0. The highest BCUT2D eigenvalue weighted by atomic mass is 16.2. The molecule has 0 saturated carbocycles. The van der Waals surface area contributed by atoms with Gasteiger partial charge >= 0.3 is 0 Å². The molecule has 0 aliphatic carbocycles. The second-order valence-electron chi connectivity index (χ2n) is 5.82. The van der Waals surface area contributed by atoms with E-state index >= 15 is 0 Å². The third kappa shape index (κ3) is 2.86. The molecule has 0 spiro atoms. The maximum absolute atomic E-state index is 12.6. The Kier molecular flexibility index (Phi) is 3.81. The molecule has 7 nitrogen and oxygen atoms in total. The molecule has 0 saturated heterocycles. The zero-order valence-corrected chi connectivity index (χ0v) is 13.9.